The smallest absolute Gasteiger partial charge is 0.137 e. The Morgan fingerprint density at radius 3 is 2.79 bits per heavy atom. The Morgan fingerprint density at radius 2 is 1.86 bits per heavy atom. The third-order valence-corrected chi connectivity index (χ3v) is 2.44. The zero-order valence-corrected chi connectivity index (χ0v) is 7.94. The highest BCUT2D eigenvalue weighted by molar-refractivity contribution is 5.99. The summed E-state index contributed by atoms with van der Waals surface area (Å²) >= 11 is 0. The van der Waals surface area contributed by atoms with E-state index >= 15 is 0 Å². The summed E-state index contributed by atoms with van der Waals surface area (Å²) in [6, 6.07) is 0. The van der Waals surface area contributed by atoms with Crippen molar-refractivity contribution in [1.29, 1.82) is 0 Å². The molecule has 0 atom stereocenters. The van der Waals surface area contributed by atoms with Gasteiger partial charge in [0.2, 0.25) is 0 Å². The number of rotatable bonds is 0. The van der Waals surface area contributed by atoms with E-state index in [4.69, 9.17) is 0 Å². The molecule has 0 bridgehead atoms. The van der Waals surface area contributed by atoms with Crippen LogP contribution in [0.15, 0.2) is 64.6 Å². The second-order valence-electron chi connectivity index (χ2n) is 3.49. The van der Waals surface area contributed by atoms with Crippen molar-refractivity contribution in [3.05, 3.63) is 59.6 Å². The van der Waals surface area contributed by atoms with Crippen LogP contribution in [0.3, 0.4) is 0 Å². The van der Waals surface area contributed by atoms with E-state index in [0.29, 0.717) is 0 Å². The van der Waals surface area contributed by atoms with Crippen molar-refractivity contribution in [2.24, 2.45) is 4.99 Å². The van der Waals surface area contributed by atoms with E-state index in [0.717, 1.165) is 11.5 Å². The van der Waals surface area contributed by atoms with Crippen LogP contribution < -0.4 is 0 Å². The second kappa shape index (κ2) is 2.58. The predicted octanol–water partition coefficient (Wildman–Crippen LogP) is 2.51. The van der Waals surface area contributed by atoms with Gasteiger partial charge in [0.25, 0.3) is 0 Å². The highest BCUT2D eigenvalue weighted by Crippen LogP contribution is 2.28. The Kier molecular flexibility index (Phi) is 1.39. The molecule has 3 aliphatic heterocycles. The van der Waals surface area contributed by atoms with E-state index in [1.54, 1.807) is 0 Å². The van der Waals surface area contributed by atoms with Crippen LogP contribution in [0.4, 0.5) is 0 Å². The maximum Gasteiger partial charge on any atom is 0.137 e. The van der Waals surface area contributed by atoms with Gasteiger partial charge in [0.05, 0.1) is 0 Å². The van der Waals surface area contributed by atoms with Crippen LogP contribution in [-0.4, -0.2) is 10.7 Å². The average Bonchev–Trinajstić information content (AvgIpc) is 2.18. The molecule has 0 unspecified atom stereocenters. The van der Waals surface area contributed by atoms with Gasteiger partial charge < -0.3 is 0 Å². The number of nitrogens with zero attached hydrogens (tertiary/aromatic N) is 2. The van der Waals surface area contributed by atoms with Crippen LogP contribution in [-0.2, 0) is 0 Å². The quantitative estimate of drug-likeness (QED) is 0.562. The average molecular weight is 182 g/mol. The third-order valence-electron chi connectivity index (χ3n) is 2.44. The highest BCUT2D eigenvalue weighted by Gasteiger charge is 2.22. The summed E-state index contributed by atoms with van der Waals surface area (Å²) in [5.74, 6) is 1.01. The summed E-state index contributed by atoms with van der Waals surface area (Å²) in [4.78, 5) is 6.65. The molecule has 0 radical (unpaired) electrons. The number of hydrogen-bond acceptors (Lipinski definition) is 2. The topological polar surface area (TPSA) is 15.6 Å². The fourth-order valence-corrected chi connectivity index (χ4v) is 1.87. The summed E-state index contributed by atoms with van der Waals surface area (Å²) in [7, 11) is 0. The number of hydrogen-bond donors (Lipinski definition) is 0. The van der Waals surface area contributed by atoms with Gasteiger partial charge in [-0.05, 0) is 37.3 Å². The van der Waals surface area contributed by atoms with Crippen molar-refractivity contribution in [2.45, 2.75) is 6.92 Å². The van der Waals surface area contributed by atoms with Crippen LogP contribution in [0, 0.1) is 0 Å². The highest BCUT2D eigenvalue weighted by atomic mass is 15.2. The van der Waals surface area contributed by atoms with Gasteiger partial charge in [-0.2, -0.15) is 0 Å². The molecule has 3 aliphatic rings. The summed E-state index contributed by atoms with van der Waals surface area (Å²) in [6.45, 7) is 2.02. The van der Waals surface area contributed by atoms with Gasteiger partial charge in [-0.3, -0.25) is 4.90 Å². The molecule has 0 saturated carbocycles. The van der Waals surface area contributed by atoms with E-state index in [-0.39, 0.29) is 0 Å². The van der Waals surface area contributed by atoms with Crippen molar-refractivity contribution in [3.8, 4) is 0 Å². The molecule has 2 heteroatoms. The van der Waals surface area contributed by atoms with Gasteiger partial charge in [-0.25, -0.2) is 4.99 Å². The minimum atomic E-state index is 1.01. The van der Waals surface area contributed by atoms with Gasteiger partial charge in [0, 0.05) is 17.1 Å². The second-order valence-corrected chi connectivity index (χ2v) is 3.49. The van der Waals surface area contributed by atoms with Crippen molar-refractivity contribution >= 4 is 5.84 Å². The Morgan fingerprint density at radius 1 is 1.07 bits per heavy atom. The number of amidine groups is 1. The number of allylic oxidation sites excluding steroid dienone is 7. The van der Waals surface area contributed by atoms with Gasteiger partial charge >= 0.3 is 0 Å². The fourth-order valence-electron chi connectivity index (χ4n) is 1.87. The molecule has 0 aromatic heterocycles. The lowest BCUT2D eigenvalue weighted by molar-refractivity contribution is 0.652. The van der Waals surface area contributed by atoms with E-state index in [9.17, 15) is 0 Å². The number of aliphatic imine (C=N–C) groups is 1. The summed E-state index contributed by atoms with van der Waals surface area (Å²) in [5.41, 5.74) is 3.45. The van der Waals surface area contributed by atoms with Crippen LogP contribution >= 0.6 is 0 Å². The summed E-state index contributed by atoms with van der Waals surface area (Å²) < 4.78 is 0. The molecule has 0 aromatic rings. The normalized spacial score (nSPS) is 22.2. The lowest BCUT2D eigenvalue weighted by atomic mass is 10.1. The third kappa shape index (κ3) is 0.940. The zero-order chi connectivity index (χ0) is 9.54. The minimum Gasteiger partial charge on any atom is -0.295 e. The molecule has 0 N–H and O–H groups in total. The maximum atomic E-state index is 4.49. The van der Waals surface area contributed by atoms with E-state index in [1.165, 1.54) is 11.4 Å². The molecule has 3 heterocycles. The Balaban J connectivity index is 2.23. The van der Waals surface area contributed by atoms with Gasteiger partial charge in [-0.1, -0.05) is 12.2 Å². The van der Waals surface area contributed by atoms with E-state index in [2.05, 4.69) is 40.3 Å². The first-order chi connectivity index (χ1) is 6.84. The molecule has 0 saturated heterocycles. The van der Waals surface area contributed by atoms with Gasteiger partial charge in [-0.15, -0.1) is 0 Å². The van der Waals surface area contributed by atoms with Crippen molar-refractivity contribution < 1.29 is 0 Å². The molecule has 68 valence electrons. The SMILES string of the molecule is CC1=CC2=CC=CC3=CC=CC(=N1)N32. The minimum absolute atomic E-state index is 1.01. The molecule has 0 spiro atoms. The van der Waals surface area contributed by atoms with Crippen molar-refractivity contribution in [1.82, 2.24) is 4.90 Å². The monoisotopic (exact) mass is 182 g/mol. The zero-order valence-electron chi connectivity index (χ0n) is 7.94. The molecular formula is C12H10N2. The summed E-state index contributed by atoms with van der Waals surface area (Å²) in [6.07, 6.45) is 14.5. The Labute approximate surface area is 82.9 Å². The first-order valence-electron chi connectivity index (χ1n) is 4.68. The Hall–Kier alpha value is -1.83. The summed E-state index contributed by atoms with van der Waals surface area (Å²) in [5, 5.41) is 0. The van der Waals surface area contributed by atoms with Gasteiger partial charge in [0.1, 0.15) is 5.84 Å². The molecule has 0 amide bonds. The first-order valence-corrected chi connectivity index (χ1v) is 4.68. The van der Waals surface area contributed by atoms with Crippen LogP contribution in [0.5, 0.6) is 0 Å². The van der Waals surface area contributed by atoms with E-state index < -0.39 is 0 Å². The molecular weight excluding hydrogens is 172 g/mol. The first kappa shape index (κ1) is 7.56. The van der Waals surface area contributed by atoms with E-state index in [1.807, 2.05) is 19.1 Å². The molecule has 2 nitrogen and oxygen atoms in total. The van der Waals surface area contributed by atoms with Gasteiger partial charge in [0.15, 0.2) is 0 Å². The standard InChI is InChI=1S/C12H10N2/c1-9-8-11-6-2-4-10-5-3-7-12(13-9)14(10)11/h2-8H,1H3. The van der Waals surface area contributed by atoms with Crippen LogP contribution in [0.1, 0.15) is 6.92 Å². The molecule has 0 fully saturated rings. The van der Waals surface area contributed by atoms with Crippen molar-refractivity contribution in [3.63, 3.8) is 0 Å². The molecule has 14 heavy (non-hydrogen) atoms. The fraction of sp³-hybridized carbons (Fsp3) is 0.0833. The van der Waals surface area contributed by atoms with Crippen LogP contribution in [0.2, 0.25) is 0 Å². The Bertz CT molecular complexity index is 469. The van der Waals surface area contributed by atoms with Crippen molar-refractivity contribution in [2.75, 3.05) is 0 Å². The molecule has 0 aliphatic carbocycles. The largest absolute Gasteiger partial charge is 0.295 e. The molecule has 3 rings (SSSR count). The lowest BCUT2D eigenvalue weighted by Gasteiger charge is -2.33. The molecule has 0 aromatic carbocycles. The lowest BCUT2D eigenvalue weighted by Crippen LogP contribution is -2.32. The van der Waals surface area contributed by atoms with Crippen LogP contribution in [0.25, 0.3) is 0 Å². The predicted molar refractivity (Wildman–Crippen MR) is 57.5 cm³/mol. The maximum absolute atomic E-state index is 4.49.